The van der Waals surface area contributed by atoms with Crippen molar-refractivity contribution in [2.75, 3.05) is 0 Å². The van der Waals surface area contributed by atoms with E-state index >= 15 is 0 Å². The highest BCUT2D eigenvalue weighted by Crippen LogP contribution is 2.42. The number of thioether (sulfide) groups is 1. The smallest absolute Gasteiger partial charge is 0.192 e. The van der Waals surface area contributed by atoms with Crippen LogP contribution in [0.5, 0.6) is 0 Å². The number of carbonyl (C=O) groups is 1. The van der Waals surface area contributed by atoms with E-state index in [9.17, 15) is 9.18 Å². The Bertz CT molecular complexity index is 1340. The standard InChI is InChI=1S/C30H30FN3OS/c1-20-12-16-22(17-13-20)27(35)28(23-18-14-21(2)15-19-23)36-30-33-32-29(25-10-6-7-11-26(25)31)34(30)24-8-4-3-5-9-24/h6-7,10-19,24,28H,3-5,8-9H2,1-2H3. The number of aromatic nitrogens is 3. The fraction of sp³-hybridized carbons (Fsp3) is 0.300. The monoisotopic (exact) mass is 499 g/mol. The first-order chi connectivity index (χ1) is 17.5. The van der Waals surface area contributed by atoms with Crippen LogP contribution in [0.15, 0.2) is 78.0 Å². The lowest BCUT2D eigenvalue weighted by Crippen LogP contribution is -2.17. The number of ketones is 1. The third-order valence-corrected chi connectivity index (χ3v) is 8.11. The van der Waals surface area contributed by atoms with Crippen molar-refractivity contribution in [1.29, 1.82) is 0 Å². The molecule has 1 aliphatic carbocycles. The number of aryl methyl sites for hydroxylation is 2. The van der Waals surface area contributed by atoms with Crippen LogP contribution in [0.3, 0.4) is 0 Å². The van der Waals surface area contributed by atoms with E-state index in [0.717, 1.165) is 42.4 Å². The minimum Gasteiger partial charge on any atom is -0.299 e. The van der Waals surface area contributed by atoms with Crippen LogP contribution in [0.4, 0.5) is 4.39 Å². The second kappa shape index (κ2) is 10.8. The van der Waals surface area contributed by atoms with Gasteiger partial charge in [-0.25, -0.2) is 4.39 Å². The lowest BCUT2D eigenvalue weighted by atomic mass is 9.95. The van der Waals surface area contributed by atoms with E-state index in [-0.39, 0.29) is 17.6 Å². The lowest BCUT2D eigenvalue weighted by molar-refractivity contribution is 0.0989. The molecule has 1 fully saturated rings. The number of hydrogen-bond donors (Lipinski definition) is 0. The Kier molecular flexibility index (Phi) is 7.33. The van der Waals surface area contributed by atoms with Crippen LogP contribution >= 0.6 is 11.8 Å². The topological polar surface area (TPSA) is 47.8 Å². The molecule has 1 saturated carbocycles. The Morgan fingerprint density at radius 3 is 2.19 bits per heavy atom. The first-order valence-electron chi connectivity index (χ1n) is 12.5. The molecule has 0 bridgehead atoms. The Balaban J connectivity index is 1.59. The zero-order chi connectivity index (χ0) is 25.1. The SMILES string of the molecule is Cc1ccc(C(=O)C(Sc2nnc(-c3ccccc3F)n2C2CCCCC2)c2ccc(C)cc2)cc1. The van der Waals surface area contributed by atoms with Gasteiger partial charge in [0.2, 0.25) is 0 Å². The minimum atomic E-state index is -0.492. The third-order valence-electron chi connectivity index (χ3n) is 6.90. The molecule has 184 valence electrons. The molecule has 36 heavy (non-hydrogen) atoms. The number of benzene rings is 3. The van der Waals surface area contributed by atoms with Crippen molar-refractivity contribution in [1.82, 2.24) is 14.8 Å². The normalized spacial score (nSPS) is 15.1. The van der Waals surface area contributed by atoms with Crippen molar-refractivity contribution in [2.45, 2.75) is 62.4 Å². The highest BCUT2D eigenvalue weighted by molar-refractivity contribution is 8.00. The zero-order valence-corrected chi connectivity index (χ0v) is 21.5. The summed E-state index contributed by atoms with van der Waals surface area (Å²) in [6, 6.07) is 22.7. The zero-order valence-electron chi connectivity index (χ0n) is 20.7. The molecular weight excluding hydrogens is 469 g/mol. The highest BCUT2D eigenvalue weighted by atomic mass is 32.2. The van der Waals surface area contributed by atoms with Gasteiger partial charge in [0, 0.05) is 11.6 Å². The van der Waals surface area contributed by atoms with Crippen molar-refractivity contribution in [3.05, 3.63) is 101 Å². The third kappa shape index (κ3) is 5.14. The largest absolute Gasteiger partial charge is 0.299 e. The molecule has 1 unspecified atom stereocenters. The van der Waals surface area contributed by atoms with Crippen LogP contribution < -0.4 is 0 Å². The summed E-state index contributed by atoms with van der Waals surface area (Å²) in [4.78, 5) is 13.8. The van der Waals surface area contributed by atoms with E-state index in [4.69, 9.17) is 0 Å². The Labute approximate surface area is 216 Å². The molecule has 6 heteroatoms. The molecule has 1 heterocycles. The first kappa shape index (κ1) is 24.4. The maximum Gasteiger partial charge on any atom is 0.192 e. The van der Waals surface area contributed by atoms with Gasteiger partial charge in [0.25, 0.3) is 0 Å². The summed E-state index contributed by atoms with van der Waals surface area (Å²) in [6.45, 7) is 4.05. The fourth-order valence-corrected chi connectivity index (χ4v) is 6.03. The number of carbonyl (C=O) groups excluding carboxylic acids is 1. The number of nitrogens with zero attached hydrogens (tertiary/aromatic N) is 3. The molecule has 0 spiro atoms. The number of rotatable bonds is 7. The molecule has 1 aliphatic rings. The molecular formula is C30H30FN3OS. The summed E-state index contributed by atoms with van der Waals surface area (Å²) < 4.78 is 16.9. The molecule has 3 aromatic carbocycles. The first-order valence-corrected chi connectivity index (χ1v) is 13.4. The average Bonchev–Trinajstić information content (AvgIpc) is 3.32. The minimum absolute atomic E-state index is 0.0227. The van der Waals surface area contributed by atoms with Gasteiger partial charge in [0.05, 0.1) is 5.56 Å². The quantitative estimate of drug-likeness (QED) is 0.191. The van der Waals surface area contributed by atoms with Crippen LogP contribution in [0.1, 0.15) is 70.4 Å². The second-order valence-electron chi connectivity index (χ2n) is 9.59. The van der Waals surface area contributed by atoms with Crippen molar-refractivity contribution in [2.24, 2.45) is 0 Å². The van der Waals surface area contributed by atoms with Gasteiger partial charge in [0.15, 0.2) is 16.8 Å². The molecule has 0 radical (unpaired) electrons. The van der Waals surface area contributed by atoms with Crippen LogP contribution in [0, 0.1) is 19.7 Å². The van der Waals surface area contributed by atoms with Crippen LogP contribution in [0.25, 0.3) is 11.4 Å². The van der Waals surface area contributed by atoms with Crippen molar-refractivity contribution in [3.8, 4) is 11.4 Å². The van der Waals surface area contributed by atoms with Crippen LogP contribution in [0.2, 0.25) is 0 Å². The van der Waals surface area contributed by atoms with E-state index in [1.165, 1.54) is 24.2 Å². The summed E-state index contributed by atoms with van der Waals surface area (Å²) in [6.07, 6.45) is 5.43. The molecule has 4 nitrogen and oxygen atoms in total. The van der Waals surface area contributed by atoms with E-state index in [1.807, 2.05) is 68.4 Å². The summed E-state index contributed by atoms with van der Waals surface area (Å²) >= 11 is 1.41. The van der Waals surface area contributed by atoms with E-state index < -0.39 is 5.25 Å². The average molecular weight is 500 g/mol. The molecule has 1 atom stereocenters. The van der Waals surface area contributed by atoms with Gasteiger partial charge in [-0.2, -0.15) is 0 Å². The maximum absolute atomic E-state index is 14.8. The lowest BCUT2D eigenvalue weighted by Gasteiger charge is -2.26. The molecule has 0 saturated heterocycles. The predicted molar refractivity (Wildman–Crippen MR) is 143 cm³/mol. The predicted octanol–water partition coefficient (Wildman–Crippen LogP) is 7.92. The van der Waals surface area contributed by atoms with Crippen molar-refractivity contribution in [3.63, 3.8) is 0 Å². The van der Waals surface area contributed by atoms with Crippen LogP contribution in [-0.2, 0) is 0 Å². The number of hydrogen-bond acceptors (Lipinski definition) is 4. The summed E-state index contributed by atoms with van der Waals surface area (Å²) in [7, 11) is 0. The fourth-order valence-electron chi connectivity index (χ4n) is 4.84. The van der Waals surface area contributed by atoms with Gasteiger partial charge < -0.3 is 0 Å². The van der Waals surface area contributed by atoms with Gasteiger partial charge in [-0.15, -0.1) is 10.2 Å². The molecule has 0 aliphatic heterocycles. The summed E-state index contributed by atoms with van der Waals surface area (Å²) in [5.74, 6) is 0.242. The van der Waals surface area contributed by atoms with E-state index in [1.54, 1.807) is 12.1 Å². The van der Waals surface area contributed by atoms with Gasteiger partial charge in [-0.3, -0.25) is 9.36 Å². The van der Waals surface area contributed by atoms with Crippen molar-refractivity contribution < 1.29 is 9.18 Å². The second-order valence-corrected chi connectivity index (χ2v) is 10.7. The highest BCUT2D eigenvalue weighted by Gasteiger charge is 2.30. The molecule has 0 N–H and O–H groups in total. The molecule has 4 aromatic rings. The Hall–Kier alpha value is -3.25. The van der Waals surface area contributed by atoms with Gasteiger partial charge in [-0.1, -0.05) is 103 Å². The Morgan fingerprint density at radius 1 is 0.889 bits per heavy atom. The molecule has 1 aromatic heterocycles. The Morgan fingerprint density at radius 2 is 1.53 bits per heavy atom. The van der Waals surface area contributed by atoms with Gasteiger partial charge in [0.1, 0.15) is 11.1 Å². The summed E-state index contributed by atoms with van der Waals surface area (Å²) in [5.41, 5.74) is 4.27. The van der Waals surface area contributed by atoms with Gasteiger partial charge in [-0.05, 0) is 44.4 Å². The number of halogens is 1. The van der Waals surface area contributed by atoms with E-state index in [0.29, 0.717) is 22.1 Å². The molecule has 0 amide bonds. The maximum atomic E-state index is 14.8. The summed E-state index contributed by atoms with van der Waals surface area (Å²) in [5, 5.41) is 9.17. The molecule has 5 rings (SSSR count). The van der Waals surface area contributed by atoms with E-state index in [2.05, 4.69) is 14.8 Å². The van der Waals surface area contributed by atoms with Crippen molar-refractivity contribution >= 4 is 17.5 Å². The number of Topliss-reactive ketones (excluding diaryl/α,β-unsaturated/α-hetero) is 1. The van der Waals surface area contributed by atoms with Crippen LogP contribution in [-0.4, -0.2) is 20.5 Å². The van der Waals surface area contributed by atoms with Gasteiger partial charge >= 0.3 is 0 Å².